The molecular formula is C18H19N3O4S. The Labute approximate surface area is 154 Å². The number of anilines is 1. The minimum absolute atomic E-state index is 0.137. The Bertz CT molecular complexity index is 980. The van der Waals surface area contributed by atoms with Crippen LogP contribution in [0.1, 0.15) is 13.8 Å². The number of hydrogen-bond donors (Lipinski definition) is 1. The van der Waals surface area contributed by atoms with Crippen LogP contribution in [0.15, 0.2) is 40.8 Å². The molecule has 1 aromatic carbocycles. The van der Waals surface area contributed by atoms with Crippen molar-refractivity contribution in [3.63, 3.8) is 0 Å². The Morgan fingerprint density at radius 3 is 2.81 bits per heavy atom. The van der Waals surface area contributed by atoms with Gasteiger partial charge in [0, 0.05) is 6.07 Å². The molecule has 0 unspecified atom stereocenters. The van der Waals surface area contributed by atoms with Crippen molar-refractivity contribution in [1.82, 2.24) is 9.55 Å². The van der Waals surface area contributed by atoms with E-state index in [4.69, 9.17) is 9.47 Å². The zero-order valence-electron chi connectivity index (χ0n) is 14.5. The molecule has 0 radical (unpaired) electrons. The van der Waals surface area contributed by atoms with Gasteiger partial charge in [0.05, 0.1) is 30.6 Å². The molecule has 0 saturated carbocycles. The molecule has 0 aliphatic rings. The highest BCUT2D eigenvalue weighted by atomic mass is 32.1. The Morgan fingerprint density at radius 1 is 1.23 bits per heavy atom. The lowest BCUT2D eigenvalue weighted by Crippen LogP contribution is -2.27. The maximum Gasteiger partial charge on any atom is 0.262 e. The van der Waals surface area contributed by atoms with E-state index in [1.807, 2.05) is 13.8 Å². The van der Waals surface area contributed by atoms with E-state index in [0.29, 0.717) is 40.6 Å². The predicted octanol–water partition coefficient (Wildman–Crippen LogP) is 2.89. The highest BCUT2D eigenvalue weighted by Gasteiger charge is 2.12. The molecule has 2 heterocycles. The van der Waals surface area contributed by atoms with Crippen LogP contribution in [-0.4, -0.2) is 28.7 Å². The smallest absolute Gasteiger partial charge is 0.262 e. The lowest BCUT2D eigenvalue weighted by Gasteiger charge is -2.14. The zero-order chi connectivity index (χ0) is 18.5. The number of carbonyl (C=O) groups excluding carboxylic acids is 1. The molecule has 8 heteroatoms. The van der Waals surface area contributed by atoms with E-state index in [1.165, 1.54) is 22.2 Å². The number of rotatable bonds is 7. The first-order chi connectivity index (χ1) is 12.6. The molecule has 0 aliphatic carbocycles. The van der Waals surface area contributed by atoms with Crippen molar-refractivity contribution in [3.05, 3.63) is 46.3 Å². The summed E-state index contributed by atoms with van der Waals surface area (Å²) in [5.41, 5.74) is 0.264. The first-order valence-corrected chi connectivity index (χ1v) is 9.12. The summed E-state index contributed by atoms with van der Waals surface area (Å²) in [4.78, 5) is 29.7. The van der Waals surface area contributed by atoms with Crippen LogP contribution in [0.4, 0.5) is 5.69 Å². The molecule has 0 atom stereocenters. The normalized spacial score (nSPS) is 10.7. The summed E-state index contributed by atoms with van der Waals surface area (Å²) in [5, 5.41) is 5.10. The molecule has 0 bridgehead atoms. The molecule has 0 saturated heterocycles. The van der Waals surface area contributed by atoms with E-state index in [2.05, 4.69) is 10.3 Å². The van der Waals surface area contributed by atoms with E-state index in [-0.39, 0.29) is 18.0 Å². The van der Waals surface area contributed by atoms with Gasteiger partial charge in [-0.25, -0.2) is 4.98 Å². The largest absolute Gasteiger partial charge is 0.494 e. The minimum atomic E-state index is -0.349. The Balaban J connectivity index is 1.81. The van der Waals surface area contributed by atoms with Crippen molar-refractivity contribution < 1.29 is 14.3 Å². The minimum Gasteiger partial charge on any atom is -0.494 e. The molecule has 0 aliphatic heterocycles. The SMILES string of the molecule is CCOc1ccc(OCC)c(NC(=O)Cn2cnc3sccc3c2=O)c1. The van der Waals surface area contributed by atoms with Gasteiger partial charge in [-0.15, -0.1) is 11.3 Å². The van der Waals surface area contributed by atoms with Crippen LogP contribution < -0.4 is 20.3 Å². The van der Waals surface area contributed by atoms with Gasteiger partial charge in [0.25, 0.3) is 5.56 Å². The van der Waals surface area contributed by atoms with Crippen LogP contribution >= 0.6 is 11.3 Å². The Kier molecular flexibility index (Phi) is 5.52. The summed E-state index contributed by atoms with van der Waals surface area (Å²) in [5.74, 6) is 0.825. The van der Waals surface area contributed by atoms with Gasteiger partial charge in [0.1, 0.15) is 22.9 Å². The van der Waals surface area contributed by atoms with Crippen LogP contribution in [0.3, 0.4) is 0 Å². The van der Waals surface area contributed by atoms with Gasteiger partial charge in [-0.05, 0) is 37.4 Å². The highest BCUT2D eigenvalue weighted by Crippen LogP contribution is 2.29. The summed E-state index contributed by atoms with van der Waals surface area (Å²) in [6, 6.07) is 6.94. The molecule has 3 aromatic rings. The van der Waals surface area contributed by atoms with E-state index < -0.39 is 0 Å². The number of aromatic nitrogens is 2. The van der Waals surface area contributed by atoms with Crippen molar-refractivity contribution in [2.24, 2.45) is 0 Å². The number of fused-ring (bicyclic) bond motifs is 1. The number of hydrogen-bond acceptors (Lipinski definition) is 6. The fraction of sp³-hybridized carbons (Fsp3) is 0.278. The number of nitrogens with zero attached hydrogens (tertiary/aromatic N) is 2. The number of ether oxygens (including phenoxy) is 2. The second kappa shape index (κ2) is 8.01. The fourth-order valence-corrected chi connectivity index (χ4v) is 3.22. The number of nitrogens with one attached hydrogen (secondary N) is 1. The van der Waals surface area contributed by atoms with Crippen molar-refractivity contribution in [2.45, 2.75) is 20.4 Å². The molecule has 136 valence electrons. The maximum absolute atomic E-state index is 12.4. The van der Waals surface area contributed by atoms with Crippen LogP contribution in [0, 0.1) is 0 Å². The summed E-state index contributed by atoms with van der Waals surface area (Å²) in [6.07, 6.45) is 1.39. The van der Waals surface area contributed by atoms with Gasteiger partial charge >= 0.3 is 0 Å². The fourth-order valence-electron chi connectivity index (χ4n) is 2.49. The topological polar surface area (TPSA) is 82.4 Å². The monoisotopic (exact) mass is 373 g/mol. The van der Waals surface area contributed by atoms with Gasteiger partial charge in [-0.1, -0.05) is 0 Å². The quantitative estimate of drug-likeness (QED) is 0.689. The van der Waals surface area contributed by atoms with Crippen LogP contribution in [-0.2, 0) is 11.3 Å². The van der Waals surface area contributed by atoms with Gasteiger partial charge in [-0.2, -0.15) is 0 Å². The third-order valence-corrected chi connectivity index (χ3v) is 4.42. The number of thiophene rings is 1. The van der Waals surface area contributed by atoms with Gasteiger partial charge < -0.3 is 14.8 Å². The predicted molar refractivity (Wildman–Crippen MR) is 101 cm³/mol. The summed E-state index contributed by atoms with van der Waals surface area (Å²) in [6.45, 7) is 4.60. The molecular weight excluding hydrogens is 354 g/mol. The molecule has 0 spiro atoms. The highest BCUT2D eigenvalue weighted by molar-refractivity contribution is 7.16. The first kappa shape index (κ1) is 17.9. The van der Waals surface area contributed by atoms with Gasteiger partial charge in [0.2, 0.25) is 5.91 Å². The van der Waals surface area contributed by atoms with E-state index in [1.54, 1.807) is 29.6 Å². The third-order valence-electron chi connectivity index (χ3n) is 3.60. The van der Waals surface area contributed by atoms with Crippen molar-refractivity contribution in [3.8, 4) is 11.5 Å². The molecule has 2 aromatic heterocycles. The van der Waals surface area contributed by atoms with E-state index in [0.717, 1.165) is 0 Å². The lowest BCUT2D eigenvalue weighted by molar-refractivity contribution is -0.116. The van der Waals surface area contributed by atoms with Crippen LogP contribution in [0.5, 0.6) is 11.5 Å². The molecule has 3 rings (SSSR count). The average molecular weight is 373 g/mol. The number of carbonyl (C=O) groups is 1. The van der Waals surface area contributed by atoms with E-state index in [9.17, 15) is 9.59 Å². The Morgan fingerprint density at radius 2 is 2.04 bits per heavy atom. The first-order valence-electron chi connectivity index (χ1n) is 8.24. The summed E-state index contributed by atoms with van der Waals surface area (Å²) >= 11 is 1.39. The molecule has 7 nitrogen and oxygen atoms in total. The van der Waals surface area contributed by atoms with Crippen molar-refractivity contribution in [1.29, 1.82) is 0 Å². The number of amides is 1. The standard InChI is InChI=1S/C18H19N3O4S/c1-3-24-12-5-6-15(25-4-2)14(9-12)20-16(22)10-21-11-19-17-13(18(21)23)7-8-26-17/h5-9,11H,3-4,10H2,1-2H3,(H,20,22). The molecule has 26 heavy (non-hydrogen) atoms. The molecule has 1 N–H and O–H groups in total. The van der Waals surface area contributed by atoms with Crippen molar-refractivity contribution >= 4 is 33.1 Å². The van der Waals surface area contributed by atoms with Gasteiger partial charge in [-0.3, -0.25) is 14.2 Å². The Hall–Kier alpha value is -2.87. The van der Waals surface area contributed by atoms with Gasteiger partial charge in [0.15, 0.2) is 0 Å². The average Bonchev–Trinajstić information content (AvgIpc) is 3.10. The summed E-state index contributed by atoms with van der Waals surface area (Å²) in [7, 11) is 0. The van der Waals surface area contributed by atoms with E-state index >= 15 is 0 Å². The second-order valence-electron chi connectivity index (χ2n) is 5.39. The number of benzene rings is 1. The van der Waals surface area contributed by atoms with Crippen LogP contribution in [0.2, 0.25) is 0 Å². The third kappa shape index (κ3) is 3.85. The maximum atomic E-state index is 12.4. The summed E-state index contributed by atoms with van der Waals surface area (Å²) < 4.78 is 12.3. The molecule has 0 fully saturated rings. The lowest BCUT2D eigenvalue weighted by atomic mass is 10.2. The molecule has 1 amide bonds. The van der Waals surface area contributed by atoms with Crippen molar-refractivity contribution in [2.75, 3.05) is 18.5 Å². The second-order valence-corrected chi connectivity index (χ2v) is 6.28. The zero-order valence-corrected chi connectivity index (χ0v) is 15.3. The van der Waals surface area contributed by atoms with Crippen LogP contribution in [0.25, 0.3) is 10.2 Å².